The summed E-state index contributed by atoms with van der Waals surface area (Å²) in [6.07, 6.45) is 33.8. The number of benzene rings is 2. The van der Waals surface area contributed by atoms with Gasteiger partial charge in [0.25, 0.3) is 0 Å². The predicted molar refractivity (Wildman–Crippen MR) is 261 cm³/mol. The van der Waals surface area contributed by atoms with E-state index < -0.39 is 11.9 Å². The summed E-state index contributed by atoms with van der Waals surface area (Å²) in [7, 11) is 0. The fourth-order valence-electron chi connectivity index (χ4n) is 8.49. The molecular formula is C54H96N2O4S. The van der Waals surface area contributed by atoms with E-state index in [0.717, 1.165) is 11.8 Å². The molecule has 6 nitrogen and oxygen atoms in total. The van der Waals surface area contributed by atoms with Crippen LogP contribution >= 0.6 is 11.8 Å². The Bertz CT molecular complexity index is 1140. The summed E-state index contributed by atoms with van der Waals surface area (Å²) in [6, 6.07) is 12.6. The zero-order chi connectivity index (χ0) is 45.5. The number of rotatable bonds is 36. The van der Waals surface area contributed by atoms with Crippen molar-refractivity contribution in [2.45, 2.75) is 219 Å². The lowest BCUT2D eigenvalue weighted by atomic mass is 10.1. The van der Waals surface area contributed by atoms with E-state index in [1.165, 1.54) is 228 Å². The second-order valence-corrected chi connectivity index (χ2v) is 18.9. The Hall–Kier alpha value is -2.35. The number of hydrogen-bond acceptors (Lipinski definition) is 5. The summed E-state index contributed by atoms with van der Waals surface area (Å²) < 4.78 is 2.89. The molecule has 0 aliphatic carbocycles. The van der Waals surface area contributed by atoms with Gasteiger partial charge in [-0.2, -0.15) is 0 Å². The molecule has 0 aliphatic rings. The molecule has 0 saturated heterocycles. The Morgan fingerprint density at radius 3 is 0.738 bits per heavy atom. The summed E-state index contributed by atoms with van der Waals surface area (Å²) >= 11 is 1.06. The summed E-state index contributed by atoms with van der Waals surface area (Å²) in [4.78, 5) is 22.8. The maximum Gasteiger partial charge on any atom is 0.0786 e. The fourth-order valence-corrected chi connectivity index (χ4v) is 9.54. The Labute approximate surface area is 382 Å². The quantitative estimate of drug-likeness (QED) is 0.0503. The molecule has 0 spiro atoms. The molecule has 0 aliphatic heterocycles. The molecule has 0 radical (unpaired) electrons. The number of hydrogen-bond donors (Lipinski definition) is 0. The van der Waals surface area contributed by atoms with Crippen LogP contribution in [0.15, 0.2) is 58.3 Å². The summed E-state index contributed by atoms with van der Waals surface area (Å²) in [5.41, 5.74) is 0.0568. The minimum atomic E-state index is -1.30. The Morgan fingerprint density at radius 2 is 0.557 bits per heavy atom. The smallest absolute Gasteiger partial charge is 0.0786 e. The van der Waals surface area contributed by atoms with Gasteiger partial charge in [0, 0.05) is 20.9 Å². The predicted octanol–water partition coefficient (Wildman–Crippen LogP) is 13.7. The summed E-state index contributed by atoms with van der Waals surface area (Å²) in [5, 5.41) is 22.0. The Balaban J connectivity index is 0.000000886. The third-order valence-electron chi connectivity index (χ3n) is 12.3. The molecular weight excluding hydrogens is 773 g/mol. The molecule has 0 amide bonds. The maximum atomic E-state index is 11.0. The summed E-state index contributed by atoms with van der Waals surface area (Å²) in [6.45, 7) is 30.3. The average Bonchev–Trinajstić information content (AvgIpc) is 3.25. The highest BCUT2D eigenvalue weighted by atomic mass is 32.2. The molecule has 7 heteroatoms. The van der Waals surface area contributed by atoms with Crippen molar-refractivity contribution in [2.75, 3.05) is 52.4 Å². The number of quaternary nitrogens is 2. The van der Waals surface area contributed by atoms with Gasteiger partial charge in [-0.15, -0.1) is 0 Å². The first kappa shape index (κ1) is 58.6. The van der Waals surface area contributed by atoms with Gasteiger partial charge in [-0.05, 0) is 115 Å². The van der Waals surface area contributed by atoms with Crippen LogP contribution < -0.4 is 10.2 Å². The highest BCUT2D eigenvalue weighted by Gasteiger charge is 2.26. The number of carbonyl (C=O) groups is 2. The van der Waals surface area contributed by atoms with Crippen molar-refractivity contribution >= 4 is 23.7 Å². The first-order valence-corrected chi connectivity index (χ1v) is 26.4. The van der Waals surface area contributed by atoms with E-state index in [1.807, 2.05) is 0 Å². The molecule has 0 atom stereocenters. The SMILES string of the molecule is CCCCC[N+](CCCCC)(CCCCC)CCCCC.CCCCC[N+](CCCCC)(CCCCC)CCCCC.O=C([O-])c1ccccc1Sc1ccccc1C(=O)[O-]. The van der Waals surface area contributed by atoms with E-state index in [2.05, 4.69) is 55.4 Å². The van der Waals surface area contributed by atoms with Crippen LogP contribution in [0.1, 0.15) is 230 Å². The second-order valence-electron chi connectivity index (χ2n) is 17.8. The number of nitrogens with zero attached hydrogens (tertiary/aromatic N) is 2. The number of carboxylic acids is 2. The topological polar surface area (TPSA) is 80.3 Å². The minimum absolute atomic E-state index is 0.0284. The lowest BCUT2D eigenvalue weighted by Crippen LogP contribution is -2.50. The molecule has 0 fully saturated rings. The lowest BCUT2D eigenvalue weighted by molar-refractivity contribution is -0.929. The van der Waals surface area contributed by atoms with Crippen molar-refractivity contribution in [1.82, 2.24) is 0 Å². The van der Waals surface area contributed by atoms with Crippen LogP contribution in [0.25, 0.3) is 0 Å². The highest BCUT2D eigenvalue weighted by molar-refractivity contribution is 7.99. The second kappa shape index (κ2) is 39.3. The van der Waals surface area contributed by atoms with Crippen molar-refractivity contribution in [1.29, 1.82) is 0 Å². The highest BCUT2D eigenvalue weighted by Crippen LogP contribution is 2.32. The molecule has 2 rings (SSSR count). The van der Waals surface area contributed by atoms with Gasteiger partial charge < -0.3 is 28.8 Å². The Kier molecular flexibility index (Phi) is 37.7. The van der Waals surface area contributed by atoms with Crippen molar-refractivity contribution in [3.63, 3.8) is 0 Å². The van der Waals surface area contributed by atoms with Crippen molar-refractivity contribution < 1.29 is 28.8 Å². The van der Waals surface area contributed by atoms with Crippen molar-refractivity contribution in [3.05, 3.63) is 59.7 Å². The lowest BCUT2D eigenvalue weighted by Gasteiger charge is -2.39. The molecule has 352 valence electrons. The molecule has 0 saturated carbocycles. The largest absolute Gasteiger partial charge is 0.545 e. The van der Waals surface area contributed by atoms with Gasteiger partial charge in [0.05, 0.1) is 64.3 Å². The van der Waals surface area contributed by atoms with Crippen LogP contribution in [0, 0.1) is 0 Å². The van der Waals surface area contributed by atoms with Crippen LogP contribution in [0.5, 0.6) is 0 Å². The number of aromatic carboxylic acids is 2. The van der Waals surface area contributed by atoms with Gasteiger partial charge in [-0.3, -0.25) is 0 Å². The molecule has 0 N–H and O–H groups in total. The third kappa shape index (κ3) is 28.1. The molecule has 2 aromatic rings. The molecule has 0 heterocycles. The van der Waals surface area contributed by atoms with Crippen LogP contribution in [0.2, 0.25) is 0 Å². The zero-order valence-corrected chi connectivity index (χ0v) is 42.0. The molecule has 2 aromatic carbocycles. The maximum absolute atomic E-state index is 11.0. The number of carboxylic acid groups (broad SMARTS) is 2. The normalized spacial score (nSPS) is 11.4. The Morgan fingerprint density at radius 1 is 0.361 bits per heavy atom. The van der Waals surface area contributed by atoms with Crippen LogP contribution in [-0.2, 0) is 0 Å². The van der Waals surface area contributed by atoms with Crippen LogP contribution in [0.4, 0.5) is 0 Å². The van der Waals surface area contributed by atoms with Gasteiger partial charge in [-0.1, -0.05) is 155 Å². The fraction of sp³-hybridized carbons (Fsp3) is 0.741. The monoisotopic (exact) mass is 869 g/mol. The number of unbranched alkanes of at least 4 members (excludes halogenated alkanes) is 16. The molecule has 0 bridgehead atoms. The van der Waals surface area contributed by atoms with Gasteiger partial charge in [0.15, 0.2) is 0 Å². The molecule has 61 heavy (non-hydrogen) atoms. The van der Waals surface area contributed by atoms with Crippen LogP contribution in [0.3, 0.4) is 0 Å². The zero-order valence-electron chi connectivity index (χ0n) is 41.2. The van der Waals surface area contributed by atoms with E-state index in [9.17, 15) is 19.8 Å². The summed E-state index contributed by atoms with van der Waals surface area (Å²) in [5.74, 6) is -2.59. The van der Waals surface area contributed by atoms with Gasteiger partial charge in [-0.25, -0.2) is 0 Å². The van der Waals surface area contributed by atoms with Crippen molar-refractivity contribution in [3.8, 4) is 0 Å². The first-order chi connectivity index (χ1) is 29.6. The van der Waals surface area contributed by atoms with E-state index in [4.69, 9.17) is 0 Å². The van der Waals surface area contributed by atoms with Crippen molar-refractivity contribution in [2.24, 2.45) is 0 Å². The first-order valence-electron chi connectivity index (χ1n) is 25.6. The standard InChI is InChI=1S/2C20H44N.C14H10O4S/c2*1-5-9-13-17-21(18-14-10-6-2,19-15-11-7-3)20-16-12-8-4;15-13(16)9-5-1-3-7-11(9)19-12-8-4-2-6-10(12)14(17)18/h2*5-20H2,1-4H3;1-8H,(H,15,16)(H,17,18)/q2*+1;/p-2. The van der Waals surface area contributed by atoms with Crippen LogP contribution in [-0.4, -0.2) is 73.3 Å². The van der Waals surface area contributed by atoms with Gasteiger partial charge in [0.2, 0.25) is 0 Å². The van der Waals surface area contributed by atoms with E-state index in [-0.39, 0.29) is 11.1 Å². The van der Waals surface area contributed by atoms with E-state index in [1.54, 1.807) is 36.4 Å². The van der Waals surface area contributed by atoms with E-state index >= 15 is 0 Å². The minimum Gasteiger partial charge on any atom is -0.545 e. The molecule has 0 aromatic heterocycles. The number of carbonyl (C=O) groups excluding carboxylic acids is 2. The van der Waals surface area contributed by atoms with Gasteiger partial charge >= 0.3 is 0 Å². The van der Waals surface area contributed by atoms with E-state index in [0.29, 0.717) is 9.79 Å². The van der Waals surface area contributed by atoms with Gasteiger partial charge in [0.1, 0.15) is 0 Å². The average molecular weight is 869 g/mol. The third-order valence-corrected chi connectivity index (χ3v) is 13.5. The molecule has 0 unspecified atom stereocenters.